The van der Waals surface area contributed by atoms with E-state index in [0.29, 0.717) is 10.8 Å². The molecule has 0 spiro atoms. The van der Waals surface area contributed by atoms with Crippen molar-refractivity contribution in [3.63, 3.8) is 0 Å². The topological polar surface area (TPSA) is 54.7 Å². The molecule has 0 aliphatic carbocycles. The normalized spacial score (nSPS) is 12.9. The first kappa shape index (κ1) is 9.84. The lowest BCUT2D eigenvalue weighted by Crippen LogP contribution is -2.24. The molecule has 0 N–H and O–H groups in total. The van der Waals surface area contributed by atoms with E-state index in [9.17, 15) is 4.79 Å². The Morgan fingerprint density at radius 3 is 2.76 bits per heavy atom. The van der Waals surface area contributed by atoms with E-state index in [0.717, 1.165) is 11.1 Å². The van der Waals surface area contributed by atoms with Crippen LogP contribution in [0.3, 0.4) is 0 Å². The van der Waals surface area contributed by atoms with Crippen LogP contribution in [-0.2, 0) is 0 Å². The van der Waals surface area contributed by atoms with Crippen molar-refractivity contribution >= 4 is 6.03 Å². The molecular formula is C13H9N3O. The maximum absolute atomic E-state index is 11.0. The predicted molar refractivity (Wildman–Crippen MR) is 62.1 cm³/mol. The summed E-state index contributed by atoms with van der Waals surface area (Å²) in [5.41, 5.74) is 3.60. The maximum Gasteiger partial charge on any atom is 0.369 e. The number of hydrogen-bond acceptors (Lipinski definition) is 2. The van der Waals surface area contributed by atoms with Gasteiger partial charge in [-0.15, -0.1) is 0 Å². The summed E-state index contributed by atoms with van der Waals surface area (Å²) in [6.07, 6.45) is 1.71. The number of pyridine rings is 1. The minimum absolute atomic E-state index is 0.409. The molecule has 0 saturated heterocycles. The SMILES string of the molecule is Cc1cccc(-c2cnc3c(c2)=NC(=O)N=3)c1. The van der Waals surface area contributed by atoms with Gasteiger partial charge in [0.1, 0.15) is 5.36 Å². The van der Waals surface area contributed by atoms with Gasteiger partial charge in [-0.25, -0.2) is 9.78 Å². The van der Waals surface area contributed by atoms with Crippen molar-refractivity contribution in [1.29, 1.82) is 0 Å². The summed E-state index contributed by atoms with van der Waals surface area (Å²) < 4.78 is 0. The Hall–Kier alpha value is -2.36. The summed E-state index contributed by atoms with van der Waals surface area (Å²) in [7, 11) is 0. The number of nitrogens with zero attached hydrogens (tertiary/aromatic N) is 3. The van der Waals surface area contributed by atoms with E-state index >= 15 is 0 Å². The number of amides is 2. The summed E-state index contributed by atoms with van der Waals surface area (Å²) in [6, 6.07) is 9.46. The van der Waals surface area contributed by atoms with Crippen LogP contribution in [0.15, 0.2) is 46.5 Å². The van der Waals surface area contributed by atoms with Crippen molar-refractivity contribution in [3.8, 4) is 11.1 Å². The zero-order valence-electron chi connectivity index (χ0n) is 9.21. The van der Waals surface area contributed by atoms with Crippen molar-refractivity contribution in [2.24, 2.45) is 9.98 Å². The molecule has 17 heavy (non-hydrogen) atoms. The van der Waals surface area contributed by atoms with Crippen LogP contribution in [0.25, 0.3) is 11.1 Å². The molecule has 3 rings (SSSR count). The fourth-order valence-corrected chi connectivity index (χ4v) is 1.82. The molecule has 0 radical (unpaired) electrons. The first-order valence-corrected chi connectivity index (χ1v) is 5.27. The van der Waals surface area contributed by atoms with Crippen LogP contribution in [0.5, 0.6) is 0 Å². The summed E-state index contributed by atoms with van der Waals surface area (Å²) in [5, 5.41) is 0.550. The smallest absolute Gasteiger partial charge is 0.244 e. The van der Waals surface area contributed by atoms with E-state index in [1.807, 2.05) is 31.2 Å². The van der Waals surface area contributed by atoms with Crippen molar-refractivity contribution < 1.29 is 4.79 Å². The molecule has 2 heterocycles. The molecule has 1 aromatic carbocycles. The lowest BCUT2D eigenvalue weighted by molar-refractivity contribution is 0.256. The molecule has 4 heteroatoms. The van der Waals surface area contributed by atoms with Gasteiger partial charge in [0.15, 0.2) is 5.49 Å². The summed E-state index contributed by atoms with van der Waals surface area (Å²) in [4.78, 5) is 22.6. The third-order valence-electron chi connectivity index (χ3n) is 2.62. The molecule has 2 amide bonds. The van der Waals surface area contributed by atoms with Crippen LogP contribution in [0, 0.1) is 6.92 Å². The molecule has 0 fully saturated rings. The van der Waals surface area contributed by atoms with Crippen LogP contribution in [0.1, 0.15) is 5.56 Å². The Morgan fingerprint density at radius 2 is 1.94 bits per heavy atom. The van der Waals surface area contributed by atoms with Gasteiger partial charge in [0.05, 0.1) is 0 Å². The highest BCUT2D eigenvalue weighted by molar-refractivity contribution is 5.77. The second kappa shape index (κ2) is 3.59. The highest BCUT2D eigenvalue weighted by atomic mass is 16.2. The monoisotopic (exact) mass is 223 g/mol. The molecule has 0 saturated carbocycles. The number of benzene rings is 1. The first-order chi connectivity index (χ1) is 8.22. The number of fused-ring (bicyclic) bond motifs is 1. The van der Waals surface area contributed by atoms with Gasteiger partial charge in [0, 0.05) is 11.8 Å². The summed E-state index contributed by atoms with van der Waals surface area (Å²) in [5.74, 6) is 0. The number of aryl methyl sites for hydroxylation is 1. The number of rotatable bonds is 1. The molecule has 1 aliphatic heterocycles. The zero-order valence-corrected chi connectivity index (χ0v) is 9.21. The molecule has 4 nitrogen and oxygen atoms in total. The van der Waals surface area contributed by atoms with E-state index in [-0.39, 0.29) is 0 Å². The highest BCUT2D eigenvalue weighted by Gasteiger charge is 2.07. The molecule has 0 atom stereocenters. The number of aromatic nitrogens is 1. The van der Waals surface area contributed by atoms with Crippen LogP contribution < -0.4 is 10.8 Å². The number of carbonyl (C=O) groups is 1. The van der Waals surface area contributed by atoms with Crippen LogP contribution >= 0.6 is 0 Å². The fourth-order valence-electron chi connectivity index (χ4n) is 1.82. The van der Waals surface area contributed by atoms with Gasteiger partial charge >= 0.3 is 6.03 Å². The molecule has 2 aromatic rings. The van der Waals surface area contributed by atoms with Gasteiger partial charge < -0.3 is 0 Å². The molecule has 0 bridgehead atoms. The molecule has 1 aliphatic rings. The highest BCUT2D eigenvalue weighted by Crippen LogP contribution is 2.17. The van der Waals surface area contributed by atoms with Crippen molar-refractivity contribution in [2.75, 3.05) is 0 Å². The summed E-state index contributed by atoms with van der Waals surface area (Å²) in [6.45, 7) is 2.04. The lowest BCUT2D eigenvalue weighted by Gasteiger charge is -2.01. The Morgan fingerprint density at radius 1 is 1.06 bits per heavy atom. The van der Waals surface area contributed by atoms with Crippen LogP contribution in [-0.4, -0.2) is 11.0 Å². The van der Waals surface area contributed by atoms with Crippen molar-refractivity contribution in [1.82, 2.24) is 4.98 Å². The Bertz CT molecular complexity index is 735. The fraction of sp³-hybridized carbons (Fsp3) is 0.0769. The maximum atomic E-state index is 11.0. The predicted octanol–water partition coefficient (Wildman–Crippen LogP) is 1.43. The molecule has 82 valence electrons. The number of carbonyl (C=O) groups excluding carboxylic acids is 1. The Kier molecular flexibility index (Phi) is 2.08. The quantitative estimate of drug-likeness (QED) is 0.734. The van der Waals surface area contributed by atoms with E-state index in [2.05, 4.69) is 21.0 Å². The van der Waals surface area contributed by atoms with E-state index in [4.69, 9.17) is 0 Å². The number of urea groups is 1. The largest absolute Gasteiger partial charge is 0.369 e. The number of hydrogen-bond donors (Lipinski definition) is 0. The molecular weight excluding hydrogens is 214 g/mol. The Labute approximate surface area is 97.4 Å². The minimum atomic E-state index is -0.478. The first-order valence-electron chi connectivity index (χ1n) is 5.27. The standard InChI is InChI=1S/C13H9N3O/c1-8-3-2-4-9(5-8)10-6-11-12(14-7-10)16-13(17)15-11/h2-7H,1H3. The zero-order chi connectivity index (χ0) is 11.8. The van der Waals surface area contributed by atoms with Gasteiger partial charge in [0.25, 0.3) is 0 Å². The van der Waals surface area contributed by atoms with Gasteiger partial charge in [-0.05, 0) is 18.6 Å². The average Bonchev–Trinajstić information content (AvgIpc) is 2.68. The van der Waals surface area contributed by atoms with Gasteiger partial charge in [-0.1, -0.05) is 29.8 Å². The van der Waals surface area contributed by atoms with E-state index in [1.54, 1.807) is 6.20 Å². The third-order valence-corrected chi connectivity index (χ3v) is 2.62. The lowest BCUT2D eigenvalue weighted by atomic mass is 10.1. The molecule has 1 aromatic heterocycles. The summed E-state index contributed by atoms with van der Waals surface area (Å²) >= 11 is 0. The van der Waals surface area contributed by atoms with Gasteiger partial charge in [-0.2, -0.15) is 9.98 Å². The van der Waals surface area contributed by atoms with E-state index < -0.39 is 6.03 Å². The van der Waals surface area contributed by atoms with Gasteiger partial charge in [0.2, 0.25) is 0 Å². The average molecular weight is 223 g/mol. The second-order valence-electron chi connectivity index (χ2n) is 3.94. The van der Waals surface area contributed by atoms with Gasteiger partial charge in [-0.3, -0.25) is 0 Å². The van der Waals surface area contributed by atoms with E-state index in [1.165, 1.54) is 5.56 Å². The second-order valence-corrected chi connectivity index (χ2v) is 3.94. The van der Waals surface area contributed by atoms with Crippen LogP contribution in [0.2, 0.25) is 0 Å². The van der Waals surface area contributed by atoms with Crippen molar-refractivity contribution in [3.05, 3.63) is 52.9 Å². The van der Waals surface area contributed by atoms with Crippen molar-refractivity contribution in [2.45, 2.75) is 6.92 Å². The Balaban J connectivity index is 2.20. The van der Waals surface area contributed by atoms with Crippen LogP contribution in [0.4, 0.5) is 4.79 Å². The minimum Gasteiger partial charge on any atom is -0.244 e. The third kappa shape index (κ3) is 1.73. The molecule has 0 unspecified atom stereocenters.